The highest BCUT2D eigenvalue weighted by atomic mass is 35.5. The summed E-state index contributed by atoms with van der Waals surface area (Å²) in [5.41, 5.74) is 1.23. The lowest BCUT2D eigenvalue weighted by atomic mass is 10.3. The fraction of sp³-hybridized carbons (Fsp3) is 0.227. The minimum absolute atomic E-state index is 0.0218. The van der Waals surface area contributed by atoms with E-state index < -0.39 is 0 Å². The van der Waals surface area contributed by atoms with E-state index in [4.69, 9.17) is 16.3 Å². The fourth-order valence-electron chi connectivity index (χ4n) is 2.83. The van der Waals surface area contributed by atoms with Gasteiger partial charge in [0.2, 0.25) is 5.91 Å². The summed E-state index contributed by atoms with van der Waals surface area (Å²) in [6.07, 6.45) is 5.44. The highest BCUT2D eigenvalue weighted by Gasteiger charge is 2.29. The third-order valence-electron chi connectivity index (χ3n) is 4.61. The Morgan fingerprint density at radius 2 is 2.06 bits per heavy atom. The molecule has 4 rings (SSSR count). The van der Waals surface area contributed by atoms with E-state index in [-0.39, 0.29) is 24.3 Å². The van der Waals surface area contributed by atoms with Gasteiger partial charge in [0.1, 0.15) is 5.75 Å². The summed E-state index contributed by atoms with van der Waals surface area (Å²) in [7, 11) is 1.90. The predicted octanol–water partition coefficient (Wildman–Crippen LogP) is 4.59. The number of nitrogens with zero attached hydrogens (tertiary/aromatic N) is 2. The Labute approximate surface area is 189 Å². The zero-order valence-corrected chi connectivity index (χ0v) is 18.4. The molecule has 2 N–H and O–H groups in total. The summed E-state index contributed by atoms with van der Waals surface area (Å²) >= 11 is 7.55. The third-order valence-corrected chi connectivity index (χ3v) is 6.00. The number of rotatable bonds is 8. The van der Waals surface area contributed by atoms with E-state index in [0.717, 1.165) is 22.9 Å². The highest BCUT2D eigenvalue weighted by Crippen LogP contribution is 2.34. The summed E-state index contributed by atoms with van der Waals surface area (Å²) in [5, 5.41) is 7.02. The number of anilines is 2. The summed E-state index contributed by atoms with van der Waals surface area (Å²) < 4.78 is 7.51. The Morgan fingerprint density at radius 1 is 1.23 bits per heavy atom. The van der Waals surface area contributed by atoms with Gasteiger partial charge in [0, 0.05) is 47.0 Å². The first-order valence-electron chi connectivity index (χ1n) is 9.76. The number of aromatic nitrogens is 2. The van der Waals surface area contributed by atoms with E-state index in [0.29, 0.717) is 22.1 Å². The Hall–Kier alpha value is -2.97. The number of ether oxygens (including phenoxy) is 1. The molecular weight excluding hydrogens is 436 g/mol. The number of nitrogens with one attached hydrogen (secondary N) is 2. The molecule has 160 valence electrons. The van der Waals surface area contributed by atoms with Crippen LogP contribution in [0.15, 0.2) is 64.9 Å². The molecule has 3 aromatic rings. The number of hydrogen-bond acceptors (Lipinski definition) is 5. The van der Waals surface area contributed by atoms with Crippen molar-refractivity contribution in [1.82, 2.24) is 9.55 Å². The van der Waals surface area contributed by atoms with Crippen molar-refractivity contribution in [2.75, 3.05) is 17.2 Å². The van der Waals surface area contributed by atoms with Gasteiger partial charge in [-0.3, -0.25) is 9.59 Å². The van der Waals surface area contributed by atoms with E-state index >= 15 is 0 Å². The van der Waals surface area contributed by atoms with E-state index in [9.17, 15) is 9.59 Å². The van der Waals surface area contributed by atoms with Crippen LogP contribution in [0.1, 0.15) is 12.8 Å². The molecule has 0 aliphatic heterocycles. The first-order valence-corrected chi connectivity index (χ1v) is 11.0. The Bertz CT molecular complexity index is 1110. The van der Waals surface area contributed by atoms with Crippen molar-refractivity contribution in [2.24, 2.45) is 13.0 Å². The highest BCUT2D eigenvalue weighted by molar-refractivity contribution is 7.99. The summed E-state index contributed by atoms with van der Waals surface area (Å²) in [6.45, 7) is -0.181. The van der Waals surface area contributed by atoms with Gasteiger partial charge in [0.05, 0.1) is 5.69 Å². The lowest BCUT2D eigenvalue weighted by Crippen LogP contribution is -2.20. The van der Waals surface area contributed by atoms with Crippen LogP contribution in [0.3, 0.4) is 0 Å². The van der Waals surface area contributed by atoms with Gasteiger partial charge in [-0.2, -0.15) is 0 Å². The van der Waals surface area contributed by atoms with Crippen molar-refractivity contribution in [1.29, 1.82) is 0 Å². The van der Waals surface area contributed by atoms with E-state index in [2.05, 4.69) is 15.6 Å². The number of halogens is 1. The van der Waals surface area contributed by atoms with Crippen LogP contribution in [0.4, 0.5) is 11.4 Å². The molecule has 1 fully saturated rings. The minimum Gasteiger partial charge on any atom is -0.484 e. The first-order chi connectivity index (χ1) is 15.0. The number of benzene rings is 2. The van der Waals surface area contributed by atoms with Crippen LogP contribution in [-0.2, 0) is 16.6 Å². The average molecular weight is 457 g/mol. The molecule has 1 saturated carbocycles. The number of hydrogen-bond donors (Lipinski definition) is 2. The van der Waals surface area contributed by atoms with E-state index in [1.54, 1.807) is 42.6 Å². The van der Waals surface area contributed by atoms with Crippen molar-refractivity contribution in [3.8, 4) is 5.75 Å². The molecule has 0 spiro atoms. The lowest BCUT2D eigenvalue weighted by molar-refractivity contribution is -0.118. The lowest BCUT2D eigenvalue weighted by Gasteiger charge is -2.12. The number of aryl methyl sites for hydroxylation is 1. The summed E-state index contributed by atoms with van der Waals surface area (Å²) in [4.78, 5) is 29.5. The van der Waals surface area contributed by atoms with Gasteiger partial charge in [-0.1, -0.05) is 17.7 Å². The van der Waals surface area contributed by atoms with Crippen molar-refractivity contribution in [3.05, 3.63) is 59.9 Å². The standard InChI is InChI=1S/C22H21ClN4O3S/c1-27-10-9-24-22(27)31-19-8-7-15(23)11-18(19)26-20(28)13-30-17-4-2-3-16(12-17)25-21(29)14-5-6-14/h2-4,7-12,14H,5-6,13H2,1H3,(H,25,29)(H,26,28). The Balaban J connectivity index is 1.37. The van der Waals surface area contributed by atoms with E-state index in [1.807, 2.05) is 23.9 Å². The third kappa shape index (κ3) is 5.80. The van der Waals surface area contributed by atoms with Crippen LogP contribution in [-0.4, -0.2) is 28.0 Å². The van der Waals surface area contributed by atoms with Crippen molar-refractivity contribution >= 4 is 46.6 Å². The van der Waals surface area contributed by atoms with Crippen LogP contribution < -0.4 is 15.4 Å². The second-order valence-corrected chi connectivity index (χ2v) is 8.64. The number of amides is 2. The van der Waals surface area contributed by atoms with Crippen LogP contribution in [0.5, 0.6) is 5.75 Å². The van der Waals surface area contributed by atoms with Crippen LogP contribution in [0, 0.1) is 5.92 Å². The summed E-state index contributed by atoms with van der Waals surface area (Å²) in [6, 6.07) is 12.3. The van der Waals surface area contributed by atoms with Crippen LogP contribution in [0.25, 0.3) is 0 Å². The molecule has 7 nitrogen and oxygen atoms in total. The zero-order valence-electron chi connectivity index (χ0n) is 16.8. The summed E-state index contributed by atoms with van der Waals surface area (Å²) in [5.74, 6) is 0.313. The van der Waals surface area contributed by atoms with Crippen molar-refractivity contribution in [2.45, 2.75) is 22.9 Å². The molecule has 0 bridgehead atoms. The quantitative estimate of drug-likeness (QED) is 0.517. The maximum Gasteiger partial charge on any atom is 0.262 e. The molecule has 1 aromatic heterocycles. The van der Waals surface area contributed by atoms with Gasteiger partial charge >= 0.3 is 0 Å². The fourth-order valence-corrected chi connectivity index (χ4v) is 3.87. The van der Waals surface area contributed by atoms with Crippen molar-refractivity contribution in [3.63, 3.8) is 0 Å². The second kappa shape index (κ2) is 9.45. The Morgan fingerprint density at radius 3 is 2.81 bits per heavy atom. The molecule has 0 atom stereocenters. The first kappa shape index (κ1) is 21.3. The van der Waals surface area contributed by atoms with Gasteiger partial charge in [0.25, 0.3) is 5.91 Å². The molecule has 0 unspecified atom stereocenters. The molecule has 2 amide bonds. The maximum atomic E-state index is 12.5. The smallest absolute Gasteiger partial charge is 0.262 e. The normalized spacial score (nSPS) is 13.0. The van der Waals surface area contributed by atoms with Gasteiger partial charge in [-0.15, -0.1) is 0 Å². The largest absolute Gasteiger partial charge is 0.484 e. The van der Waals surface area contributed by atoms with Crippen molar-refractivity contribution < 1.29 is 14.3 Å². The molecule has 1 aliphatic rings. The predicted molar refractivity (Wildman–Crippen MR) is 121 cm³/mol. The number of imidazole rings is 1. The number of carbonyl (C=O) groups excluding carboxylic acids is 2. The molecule has 0 radical (unpaired) electrons. The molecule has 9 heteroatoms. The monoisotopic (exact) mass is 456 g/mol. The maximum absolute atomic E-state index is 12.5. The van der Waals surface area contributed by atoms with Gasteiger partial charge in [-0.05, 0) is 54.9 Å². The topological polar surface area (TPSA) is 85.2 Å². The average Bonchev–Trinajstić information content (AvgIpc) is 3.52. The van der Waals surface area contributed by atoms with E-state index in [1.165, 1.54) is 11.8 Å². The molecule has 1 aliphatic carbocycles. The zero-order chi connectivity index (χ0) is 21.8. The van der Waals surface area contributed by atoms with Gasteiger partial charge in [-0.25, -0.2) is 4.98 Å². The molecule has 2 aromatic carbocycles. The molecule has 31 heavy (non-hydrogen) atoms. The van der Waals surface area contributed by atoms with Crippen LogP contribution in [0.2, 0.25) is 5.02 Å². The SMILES string of the molecule is Cn1ccnc1Sc1ccc(Cl)cc1NC(=O)COc1cccc(NC(=O)C2CC2)c1. The molecular formula is C22H21ClN4O3S. The minimum atomic E-state index is -0.323. The number of carbonyl (C=O) groups is 2. The molecule has 1 heterocycles. The Kier molecular flexibility index (Phi) is 6.48. The second-order valence-electron chi connectivity index (χ2n) is 7.19. The molecule has 0 saturated heterocycles. The van der Waals surface area contributed by atoms with Gasteiger partial charge in [0.15, 0.2) is 11.8 Å². The van der Waals surface area contributed by atoms with Crippen LogP contribution >= 0.6 is 23.4 Å². The van der Waals surface area contributed by atoms with Gasteiger partial charge < -0.3 is 19.9 Å².